The molecule has 2 amide bonds. The number of hydrogen-bond acceptors (Lipinski definition) is 2. The highest BCUT2D eigenvalue weighted by Gasteiger charge is 2.63. The van der Waals surface area contributed by atoms with Gasteiger partial charge >= 0.3 is 6.03 Å². The Labute approximate surface area is 84.2 Å². The van der Waals surface area contributed by atoms with E-state index in [1.807, 2.05) is 11.8 Å². The van der Waals surface area contributed by atoms with Gasteiger partial charge in [-0.1, -0.05) is 13.8 Å². The standard InChI is InChI=1S/C10H17N3O/c1-4-13-8(14)12-7(11)10(13)6-5-9(10,2)3/h4-6H2,1-3H3,(H2,11,12,14). The van der Waals surface area contributed by atoms with Crippen molar-refractivity contribution >= 4 is 11.9 Å². The highest BCUT2D eigenvalue weighted by atomic mass is 16.2. The fourth-order valence-electron chi connectivity index (χ4n) is 2.80. The van der Waals surface area contributed by atoms with Gasteiger partial charge in [0.05, 0.1) is 0 Å². The topological polar surface area (TPSA) is 58.7 Å². The molecule has 1 fully saturated rings. The molecule has 1 aliphatic carbocycles. The minimum absolute atomic E-state index is 0.0722. The fraction of sp³-hybridized carbons (Fsp3) is 0.800. The molecule has 0 bridgehead atoms. The van der Waals surface area contributed by atoms with Gasteiger partial charge in [-0.2, -0.15) is 4.99 Å². The van der Waals surface area contributed by atoms with Crippen LogP contribution < -0.4 is 5.73 Å². The first kappa shape index (κ1) is 9.49. The van der Waals surface area contributed by atoms with Crippen LogP contribution in [-0.2, 0) is 0 Å². The van der Waals surface area contributed by atoms with E-state index in [-0.39, 0.29) is 17.0 Å². The normalized spacial score (nSPS) is 34.6. The number of carbonyl (C=O) groups is 1. The van der Waals surface area contributed by atoms with E-state index in [1.54, 1.807) is 0 Å². The van der Waals surface area contributed by atoms with E-state index in [0.29, 0.717) is 12.4 Å². The van der Waals surface area contributed by atoms with Crippen molar-refractivity contribution in [1.82, 2.24) is 4.90 Å². The van der Waals surface area contributed by atoms with E-state index >= 15 is 0 Å². The first-order valence-corrected chi connectivity index (χ1v) is 5.12. The predicted octanol–water partition coefficient (Wildman–Crippen LogP) is 1.36. The van der Waals surface area contributed by atoms with E-state index in [0.717, 1.165) is 12.8 Å². The molecule has 1 saturated carbocycles. The van der Waals surface area contributed by atoms with Crippen LogP contribution in [0.25, 0.3) is 0 Å². The molecule has 0 aromatic heterocycles. The van der Waals surface area contributed by atoms with E-state index in [1.165, 1.54) is 0 Å². The zero-order valence-electron chi connectivity index (χ0n) is 9.00. The molecular weight excluding hydrogens is 178 g/mol. The third-order valence-corrected chi connectivity index (χ3v) is 3.88. The maximum absolute atomic E-state index is 11.6. The minimum atomic E-state index is -0.279. The lowest BCUT2D eigenvalue weighted by atomic mass is 9.55. The van der Waals surface area contributed by atoms with Crippen molar-refractivity contribution < 1.29 is 4.79 Å². The Morgan fingerprint density at radius 3 is 2.43 bits per heavy atom. The lowest BCUT2D eigenvalue weighted by Gasteiger charge is -2.57. The molecule has 1 unspecified atom stereocenters. The molecule has 78 valence electrons. The van der Waals surface area contributed by atoms with Crippen LogP contribution in [0.2, 0.25) is 0 Å². The van der Waals surface area contributed by atoms with E-state index in [2.05, 4.69) is 18.8 Å². The van der Waals surface area contributed by atoms with Crippen molar-refractivity contribution in [3.05, 3.63) is 0 Å². The summed E-state index contributed by atoms with van der Waals surface area (Å²) in [5, 5.41) is 0. The quantitative estimate of drug-likeness (QED) is 0.686. The molecular formula is C10H17N3O. The first-order chi connectivity index (χ1) is 6.45. The van der Waals surface area contributed by atoms with Crippen LogP contribution in [0.4, 0.5) is 4.79 Å². The summed E-state index contributed by atoms with van der Waals surface area (Å²) in [6, 6.07) is -0.169. The van der Waals surface area contributed by atoms with Gasteiger partial charge in [-0.3, -0.25) is 0 Å². The molecule has 0 aromatic carbocycles. The summed E-state index contributed by atoms with van der Waals surface area (Å²) in [6.45, 7) is 6.97. The largest absolute Gasteiger partial charge is 0.385 e. The zero-order chi connectivity index (χ0) is 10.6. The number of likely N-dealkylation sites (N-methyl/N-ethyl adjacent to an activating group) is 1. The molecule has 1 heterocycles. The number of nitrogens with zero attached hydrogens (tertiary/aromatic N) is 2. The van der Waals surface area contributed by atoms with Crippen LogP contribution >= 0.6 is 0 Å². The Hall–Kier alpha value is -1.06. The van der Waals surface area contributed by atoms with Crippen molar-refractivity contribution in [3.63, 3.8) is 0 Å². The lowest BCUT2D eigenvalue weighted by molar-refractivity contribution is -0.0124. The molecule has 1 aliphatic heterocycles. The van der Waals surface area contributed by atoms with E-state index < -0.39 is 0 Å². The van der Waals surface area contributed by atoms with Crippen LogP contribution in [-0.4, -0.2) is 28.9 Å². The number of nitrogens with two attached hydrogens (primary N) is 1. The average molecular weight is 195 g/mol. The Morgan fingerprint density at radius 2 is 2.14 bits per heavy atom. The molecule has 2 N–H and O–H groups in total. The highest BCUT2D eigenvalue weighted by Crippen LogP contribution is 2.55. The summed E-state index contributed by atoms with van der Waals surface area (Å²) in [7, 11) is 0. The molecule has 2 aliphatic rings. The van der Waals surface area contributed by atoms with E-state index in [4.69, 9.17) is 5.73 Å². The molecule has 14 heavy (non-hydrogen) atoms. The number of rotatable bonds is 1. The monoisotopic (exact) mass is 195 g/mol. The maximum atomic E-state index is 11.6. The second-order valence-corrected chi connectivity index (χ2v) is 4.77. The summed E-state index contributed by atoms with van der Waals surface area (Å²) in [4.78, 5) is 17.3. The minimum Gasteiger partial charge on any atom is -0.385 e. The smallest absolute Gasteiger partial charge is 0.346 e. The summed E-state index contributed by atoms with van der Waals surface area (Å²) in [5.74, 6) is 0.514. The fourth-order valence-corrected chi connectivity index (χ4v) is 2.80. The molecule has 4 heteroatoms. The number of hydrogen-bond donors (Lipinski definition) is 1. The van der Waals surface area contributed by atoms with Crippen LogP contribution in [0, 0.1) is 5.41 Å². The number of urea groups is 1. The van der Waals surface area contributed by atoms with Crippen molar-refractivity contribution in [2.45, 2.75) is 39.2 Å². The molecule has 0 aromatic rings. The van der Waals surface area contributed by atoms with Gasteiger partial charge in [0.15, 0.2) is 0 Å². The Morgan fingerprint density at radius 1 is 1.50 bits per heavy atom. The summed E-state index contributed by atoms with van der Waals surface area (Å²) in [5.41, 5.74) is 5.69. The lowest BCUT2D eigenvalue weighted by Crippen LogP contribution is -2.68. The number of carbonyl (C=O) groups excluding carboxylic acids is 1. The average Bonchev–Trinajstić information content (AvgIpc) is 2.37. The molecule has 1 atom stereocenters. The van der Waals surface area contributed by atoms with Gasteiger partial charge in [-0.05, 0) is 25.2 Å². The van der Waals surface area contributed by atoms with Crippen molar-refractivity contribution in [2.24, 2.45) is 16.1 Å². The van der Waals surface area contributed by atoms with Gasteiger partial charge in [0.25, 0.3) is 0 Å². The third kappa shape index (κ3) is 0.792. The zero-order valence-corrected chi connectivity index (χ0v) is 9.00. The second-order valence-electron chi connectivity index (χ2n) is 4.77. The van der Waals surface area contributed by atoms with Crippen molar-refractivity contribution in [1.29, 1.82) is 0 Å². The highest BCUT2D eigenvalue weighted by molar-refractivity contribution is 6.07. The molecule has 2 rings (SSSR count). The number of amidine groups is 1. The molecule has 1 spiro atoms. The predicted molar refractivity (Wildman–Crippen MR) is 55.1 cm³/mol. The van der Waals surface area contributed by atoms with Crippen LogP contribution in [0.5, 0.6) is 0 Å². The summed E-state index contributed by atoms with van der Waals surface area (Å²) in [6.07, 6.45) is 2.06. The summed E-state index contributed by atoms with van der Waals surface area (Å²) < 4.78 is 0. The Bertz CT molecular complexity index is 321. The number of aliphatic imine (C=N–C) groups is 1. The second kappa shape index (κ2) is 2.49. The molecule has 0 radical (unpaired) electrons. The Kier molecular flexibility index (Phi) is 1.69. The van der Waals surface area contributed by atoms with Crippen molar-refractivity contribution in [2.75, 3.05) is 6.54 Å². The molecule has 0 saturated heterocycles. The van der Waals surface area contributed by atoms with Crippen molar-refractivity contribution in [3.8, 4) is 0 Å². The molecule has 4 nitrogen and oxygen atoms in total. The third-order valence-electron chi connectivity index (χ3n) is 3.88. The summed E-state index contributed by atoms with van der Waals surface area (Å²) >= 11 is 0. The van der Waals surface area contributed by atoms with Gasteiger partial charge in [-0.25, -0.2) is 4.79 Å². The van der Waals surface area contributed by atoms with Gasteiger partial charge in [0.2, 0.25) is 0 Å². The van der Waals surface area contributed by atoms with Gasteiger partial charge in [0, 0.05) is 6.54 Å². The number of amides is 2. The van der Waals surface area contributed by atoms with Crippen LogP contribution in [0.1, 0.15) is 33.6 Å². The van der Waals surface area contributed by atoms with Gasteiger partial charge < -0.3 is 10.6 Å². The first-order valence-electron chi connectivity index (χ1n) is 5.12. The SMILES string of the molecule is CCN1C(=O)N=C(N)C12CCC2(C)C. The van der Waals surface area contributed by atoms with Gasteiger partial charge in [-0.15, -0.1) is 0 Å². The Balaban J connectivity index is 2.43. The van der Waals surface area contributed by atoms with Crippen LogP contribution in [0.15, 0.2) is 4.99 Å². The van der Waals surface area contributed by atoms with Gasteiger partial charge in [0.1, 0.15) is 11.4 Å². The van der Waals surface area contributed by atoms with E-state index in [9.17, 15) is 4.79 Å². The van der Waals surface area contributed by atoms with Crippen LogP contribution in [0.3, 0.4) is 0 Å². The maximum Gasteiger partial charge on any atom is 0.346 e.